The van der Waals surface area contributed by atoms with Gasteiger partial charge in [-0.2, -0.15) is 0 Å². The van der Waals surface area contributed by atoms with Crippen molar-refractivity contribution in [2.45, 2.75) is 19.8 Å². The number of anilines is 1. The summed E-state index contributed by atoms with van der Waals surface area (Å²) in [7, 11) is 0. The number of rotatable bonds is 4. The smallest absolute Gasteiger partial charge is 0.102 e. The minimum absolute atomic E-state index is 0.478. The summed E-state index contributed by atoms with van der Waals surface area (Å²) in [6, 6.07) is 9.20. The van der Waals surface area contributed by atoms with Crippen LogP contribution in [0, 0.1) is 5.41 Å². The molecule has 0 amide bonds. The Morgan fingerprint density at radius 2 is 1.88 bits per heavy atom. The summed E-state index contributed by atoms with van der Waals surface area (Å²) in [5.74, 6) is 1.24. The Morgan fingerprint density at radius 1 is 1.00 bits per heavy atom. The largest absolute Gasteiger partial charge is 0.370 e. The maximum Gasteiger partial charge on any atom is 0.102 e. The normalized spacial score (nSPS) is 22.5. The van der Waals surface area contributed by atoms with E-state index < -0.39 is 0 Å². The molecule has 4 aliphatic rings. The van der Waals surface area contributed by atoms with Crippen LogP contribution in [0.3, 0.4) is 0 Å². The molecule has 4 aliphatic heterocycles. The van der Waals surface area contributed by atoms with E-state index in [2.05, 4.69) is 69.1 Å². The van der Waals surface area contributed by atoms with Crippen LogP contribution in [0.5, 0.6) is 0 Å². The third-order valence-corrected chi connectivity index (χ3v) is 7.73. The Kier molecular flexibility index (Phi) is 5.07. The lowest BCUT2D eigenvalue weighted by Gasteiger charge is -2.39. The van der Waals surface area contributed by atoms with E-state index in [9.17, 15) is 0 Å². The Hall–Kier alpha value is -2.57. The molecule has 6 heteroatoms. The predicted octanol–water partition coefficient (Wildman–Crippen LogP) is 2.33. The van der Waals surface area contributed by atoms with E-state index in [-0.39, 0.29) is 0 Å². The minimum atomic E-state index is 0.478. The van der Waals surface area contributed by atoms with E-state index in [4.69, 9.17) is 4.98 Å². The van der Waals surface area contributed by atoms with Crippen molar-refractivity contribution >= 4 is 22.2 Å². The van der Waals surface area contributed by atoms with Crippen LogP contribution in [0.25, 0.3) is 16.5 Å². The quantitative estimate of drug-likeness (QED) is 0.692. The molecule has 1 aromatic heterocycles. The first-order valence-corrected chi connectivity index (χ1v) is 12.2. The molecule has 3 N–H and O–H groups in total. The summed E-state index contributed by atoms with van der Waals surface area (Å²) in [6.07, 6.45) is 6.84. The van der Waals surface area contributed by atoms with Gasteiger partial charge in [-0.25, -0.2) is 4.98 Å². The topological polar surface area (TPSA) is 55.5 Å². The minimum Gasteiger partial charge on any atom is -0.370 e. The average Bonchev–Trinajstić information content (AvgIpc) is 3.30. The van der Waals surface area contributed by atoms with E-state index in [1.54, 1.807) is 0 Å². The molecular weight excluding hydrogens is 396 g/mol. The molecule has 32 heavy (non-hydrogen) atoms. The van der Waals surface area contributed by atoms with Crippen molar-refractivity contribution < 1.29 is 0 Å². The van der Waals surface area contributed by atoms with E-state index in [0.717, 1.165) is 76.5 Å². The molecule has 168 valence electrons. The van der Waals surface area contributed by atoms with Crippen LogP contribution in [0.15, 0.2) is 42.2 Å². The number of allylic oxidation sites excluding steroid dienone is 2. The van der Waals surface area contributed by atoms with Crippen LogP contribution >= 0.6 is 0 Å². The molecule has 1 spiro atoms. The van der Waals surface area contributed by atoms with E-state index in [1.807, 2.05) is 0 Å². The van der Waals surface area contributed by atoms with Gasteiger partial charge in [-0.3, -0.25) is 0 Å². The molecule has 2 aromatic rings. The van der Waals surface area contributed by atoms with E-state index >= 15 is 0 Å². The monoisotopic (exact) mass is 430 g/mol. The summed E-state index contributed by atoms with van der Waals surface area (Å²) in [5, 5.41) is 11.9. The first-order chi connectivity index (χ1) is 15.7. The van der Waals surface area contributed by atoms with E-state index in [1.165, 1.54) is 34.5 Å². The molecule has 5 heterocycles. The number of piperazine rings is 1. The molecule has 0 unspecified atom stereocenters. The first-order valence-electron chi connectivity index (χ1n) is 12.2. The second-order valence-electron chi connectivity index (χ2n) is 9.84. The van der Waals surface area contributed by atoms with Gasteiger partial charge in [0.25, 0.3) is 0 Å². The van der Waals surface area contributed by atoms with Gasteiger partial charge in [-0.05, 0) is 42.2 Å². The summed E-state index contributed by atoms with van der Waals surface area (Å²) in [5.41, 5.74) is 6.69. The molecule has 0 aliphatic carbocycles. The van der Waals surface area contributed by atoms with Crippen LogP contribution in [-0.2, 0) is 6.42 Å². The SMILES string of the molecule is CCc1ccc2c(N3CCC4(CNC4)C3)cc(C3=CC=C(N4CCNCC4)NC3)nc2c1. The Morgan fingerprint density at radius 3 is 2.56 bits per heavy atom. The zero-order chi connectivity index (χ0) is 21.5. The molecule has 0 radical (unpaired) electrons. The Bertz CT molecular complexity index is 1080. The summed E-state index contributed by atoms with van der Waals surface area (Å²) < 4.78 is 0. The molecule has 0 saturated carbocycles. The van der Waals surface area contributed by atoms with Gasteiger partial charge in [-0.15, -0.1) is 0 Å². The Balaban J connectivity index is 1.36. The highest BCUT2D eigenvalue weighted by Crippen LogP contribution is 2.39. The molecule has 3 saturated heterocycles. The molecule has 0 bridgehead atoms. The fourth-order valence-corrected chi connectivity index (χ4v) is 5.59. The standard InChI is InChI=1S/C26H34N6/c1-2-19-3-5-21-23(13-19)30-22(14-24(21)32-10-7-26(18-32)16-28-17-26)20-4-6-25(29-15-20)31-11-8-27-9-12-31/h3-6,13-14,27-29H,2,7-12,15-18H2,1H3. The summed E-state index contributed by atoms with van der Waals surface area (Å²) >= 11 is 0. The van der Waals surface area contributed by atoms with Crippen LogP contribution < -0.4 is 20.9 Å². The molecule has 1 aromatic carbocycles. The zero-order valence-corrected chi connectivity index (χ0v) is 19.1. The number of hydrogen-bond donors (Lipinski definition) is 3. The van der Waals surface area contributed by atoms with Crippen molar-refractivity contribution in [2.24, 2.45) is 5.41 Å². The fraction of sp³-hybridized carbons (Fsp3) is 0.500. The third kappa shape index (κ3) is 3.55. The number of aromatic nitrogens is 1. The van der Waals surface area contributed by atoms with Gasteiger partial charge in [0.1, 0.15) is 5.82 Å². The maximum atomic E-state index is 5.15. The van der Waals surface area contributed by atoms with Crippen molar-refractivity contribution in [1.29, 1.82) is 0 Å². The molecule has 3 fully saturated rings. The van der Waals surface area contributed by atoms with Crippen molar-refractivity contribution in [3.63, 3.8) is 0 Å². The summed E-state index contributed by atoms with van der Waals surface area (Å²) in [6.45, 7) is 11.9. The number of aryl methyl sites for hydroxylation is 1. The fourth-order valence-electron chi connectivity index (χ4n) is 5.59. The van der Waals surface area contributed by atoms with Crippen molar-refractivity contribution in [1.82, 2.24) is 25.8 Å². The van der Waals surface area contributed by atoms with E-state index in [0.29, 0.717) is 5.41 Å². The van der Waals surface area contributed by atoms with Crippen molar-refractivity contribution in [2.75, 3.05) is 63.8 Å². The number of pyridine rings is 1. The lowest BCUT2D eigenvalue weighted by Crippen LogP contribution is -2.54. The van der Waals surface area contributed by atoms with Crippen LogP contribution in [0.4, 0.5) is 5.69 Å². The van der Waals surface area contributed by atoms with Crippen molar-refractivity contribution in [3.8, 4) is 0 Å². The highest BCUT2D eigenvalue weighted by molar-refractivity contribution is 5.94. The van der Waals surface area contributed by atoms with Gasteiger partial charge >= 0.3 is 0 Å². The predicted molar refractivity (Wildman–Crippen MR) is 132 cm³/mol. The zero-order valence-electron chi connectivity index (χ0n) is 19.1. The summed E-state index contributed by atoms with van der Waals surface area (Å²) in [4.78, 5) is 10.2. The lowest BCUT2D eigenvalue weighted by atomic mass is 9.81. The van der Waals surface area contributed by atoms with Gasteiger partial charge in [0.05, 0.1) is 11.2 Å². The highest BCUT2D eigenvalue weighted by Gasteiger charge is 2.43. The second kappa shape index (κ2) is 8.09. The van der Waals surface area contributed by atoms with Gasteiger partial charge in [0, 0.05) is 75.4 Å². The van der Waals surface area contributed by atoms with Crippen LogP contribution in [0.2, 0.25) is 0 Å². The number of nitrogens with one attached hydrogen (secondary N) is 3. The third-order valence-electron chi connectivity index (χ3n) is 7.73. The lowest BCUT2D eigenvalue weighted by molar-refractivity contribution is 0.200. The second-order valence-corrected chi connectivity index (χ2v) is 9.84. The maximum absolute atomic E-state index is 5.15. The molecule has 6 rings (SSSR count). The van der Waals surface area contributed by atoms with Crippen LogP contribution in [0.1, 0.15) is 24.6 Å². The van der Waals surface area contributed by atoms with Gasteiger partial charge in [0.2, 0.25) is 0 Å². The van der Waals surface area contributed by atoms with Gasteiger partial charge in [0.15, 0.2) is 0 Å². The number of fused-ring (bicyclic) bond motifs is 1. The molecular formula is C26H34N6. The van der Waals surface area contributed by atoms with Gasteiger partial charge < -0.3 is 25.8 Å². The first kappa shape index (κ1) is 20.1. The van der Waals surface area contributed by atoms with Crippen molar-refractivity contribution in [3.05, 3.63) is 53.5 Å². The molecule has 0 atom stereocenters. The number of dihydropyridines is 1. The molecule has 6 nitrogen and oxygen atoms in total. The van der Waals surface area contributed by atoms with Gasteiger partial charge in [-0.1, -0.05) is 25.1 Å². The number of nitrogens with zero attached hydrogens (tertiary/aromatic N) is 3. The average molecular weight is 431 g/mol. The number of benzene rings is 1. The number of hydrogen-bond acceptors (Lipinski definition) is 6. The highest BCUT2D eigenvalue weighted by atomic mass is 15.3. The Labute approximate surface area is 190 Å². The van der Waals surface area contributed by atoms with Crippen LogP contribution in [-0.4, -0.2) is 68.8 Å².